The molecule has 0 radical (unpaired) electrons. The molecule has 0 spiro atoms. The highest BCUT2D eigenvalue weighted by atomic mass is 16.5. The van der Waals surface area contributed by atoms with Gasteiger partial charge in [0, 0.05) is 37.7 Å². The van der Waals surface area contributed by atoms with Crippen LogP contribution < -0.4 is 10.6 Å². The van der Waals surface area contributed by atoms with Crippen LogP contribution in [0.3, 0.4) is 0 Å². The number of ether oxygens (including phenoxy) is 2. The molecule has 0 bridgehead atoms. The van der Waals surface area contributed by atoms with Crippen LogP contribution in [0, 0.1) is 11.3 Å². The van der Waals surface area contributed by atoms with Crippen LogP contribution in [0.2, 0.25) is 0 Å². The molecule has 1 aromatic rings. The summed E-state index contributed by atoms with van der Waals surface area (Å²) >= 11 is 0. The van der Waals surface area contributed by atoms with Crippen molar-refractivity contribution < 1.29 is 9.47 Å². The van der Waals surface area contributed by atoms with E-state index in [2.05, 4.69) is 11.0 Å². The fraction of sp³-hybridized carbons (Fsp3) is 0.533. The monoisotopic (exact) mass is 277 g/mol. The number of benzene rings is 1. The molecule has 110 valence electrons. The second-order valence-corrected chi connectivity index (χ2v) is 4.26. The van der Waals surface area contributed by atoms with Gasteiger partial charge in [0.25, 0.3) is 0 Å². The molecular formula is C15H23N3O2. The van der Waals surface area contributed by atoms with Crippen LogP contribution in [0.1, 0.15) is 19.4 Å². The lowest BCUT2D eigenvalue weighted by Gasteiger charge is -2.25. The second-order valence-electron chi connectivity index (χ2n) is 4.26. The van der Waals surface area contributed by atoms with E-state index in [1.165, 1.54) is 0 Å². The molecule has 1 aromatic carbocycles. The summed E-state index contributed by atoms with van der Waals surface area (Å²) in [6.45, 7) is 8.16. The predicted molar refractivity (Wildman–Crippen MR) is 80.8 cm³/mol. The first-order valence-corrected chi connectivity index (χ1v) is 6.93. The Morgan fingerprint density at radius 3 is 2.25 bits per heavy atom. The van der Waals surface area contributed by atoms with Gasteiger partial charge in [-0.05, 0) is 32.0 Å². The van der Waals surface area contributed by atoms with Crippen LogP contribution in [0.5, 0.6) is 0 Å². The van der Waals surface area contributed by atoms with Crippen molar-refractivity contribution in [3.8, 4) is 6.07 Å². The predicted octanol–water partition coefficient (Wildman–Crippen LogP) is 2.02. The van der Waals surface area contributed by atoms with Gasteiger partial charge in [-0.1, -0.05) is 0 Å². The van der Waals surface area contributed by atoms with Crippen LogP contribution >= 0.6 is 0 Å². The molecule has 2 N–H and O–H groups in total. The molecule has 0 atom stereocenters. The van der Waals surface area contributed by atoms with Crippen molar-refractivity contribution in [1.82, 2.24) is 0 Å². The summed E-state index contributed by atoms with van der Waals surface area (Å²) in [4.78, 5) is 2.14. The van der Waals surface area contributed by atoms with E-state index in [1.54, 1.807) is 6.07 Å². The first kappa shape index (κ1) is 16.3. The molecule has 1 rings (SSSR count). The smallest absolute Gasteiger partial charge is 0.101 e. The molecule has 0 unspecified atom stereocenters. The molecule has 5 nitrogen and oxygen atoms in total. The highest BCUT2D eigenvalue weighted by molar-refractivity contribution is 5.62. The Bertz CT molecular complexity index is 433. The Kier molecular flexibility index (Phi) is 7.48. The van der Waals surface area contributed by atoms with E-state index in [-0.39, 0.29) is 0 Å². The van der Waals surface area contributed by atoms with Crippen LogP contribution in [0.15, 0.2) is 18.2 Å². The zero-order valence-corrected chi connectivity index (χ0v) is 12.3. The first-order valence-electron chi connectivity index (χ1n) is 6.93. The summed E-state index contributed by atoms with van der Waals surface area (Å²) in [6.07, 6.45) is 0. The average Bonchev–Trinajstić information content (AvgIpc) is 2.47. The lowest BCUT2D eigenvalue weighted by molar-refractivity contribution is 0.141. The van der Waals surface area contributed by atoms with E-state index < -0.39 is 0 Å². The Labute approximate surface area is 120 Å². The normalized spacial score (nSPS) is 10.2. The van der Waals surface area contributed by atoms with Crippen molar-refractivity contribution in [2.45, 2.75) is 13.8 Å². The van der Waals surface area contributed by atoms with E-state index in [4.69, 9.17) is 20.5 Å². The number of rotatable bonds is 9. The molecule has 0 aliphatic carbocycles. The van der Waals surface area contributed by atoms with Gasteiger partial charge < -0.3 is 20.1 Å². The van der Waals surface area contributed by atoms with Gasteiger partial charge in [-0.15, -0.1) is 0 Å². The Morgan fingerprint density at radius 1 is 1.15 bits per heavy atom. The van der Waals surface area contributed by atoms with Crippen molar-refractivity contribution in [2.24, 2.45) is 0 Å². The van der Waals surface area contributed by atoms with E-state index in [0.717, 1.165) is 18.8 Å². The highest BCUT2D eigenvalue weighted by Crippen LogP contribution is 2.20. The highest BCUT2D eigenvalue weighted by Gasteiger charge is 2.09. The molecule has 0 saturated carbocycles. The standard InChI is InChI=1S/C15H23N3O2/c1-3-19-9-7-18(8-10-20-4-2)14-5-6-15(17)13(11-14)12-16/h5-6,11H,3-4,7-10,17H2,1-2H3. The number of nitriles is 1. The summed E-state index contributed by atoms with van der Waals surface area (Å²) in [5, 5.41) is 9.06. The van der Waals surface area contributed by atoms with Crippen molar-refractivity contribution >= 4 is 11.4 Å². The zero-order valence-electron chi connectivity index (χ0n) is 12.3. The minimum Gasteiger partial charge on any atom is -0.398 e. The van der Waals surface area contributed by atoms with Gasteiger partial charge in [0.2, 0.25) is 0 Å². The number of nitrogens with two attached hydrogens (primary N) is 1. The molecule has 5 heteroatoms. The third kappa shape index (κ3) is 5.08. The summed E-state index contributed by atoms with van der Waals surface area (Å²) in [6, 6.07) is 7.61. The maximum absolute atomic E-state index is 9.06. The van der Waals surface area contributed by atoms with E-state index in [1.807, 2.05) is 26.0 Å². The number of nitrogens with zero attached hydrogens (tertiary/aromatic N) is 2. The van der Waals surface area contributed by atoms with Gasteiger partial charge in [-0.25, -0.2) is 0 Å². The van der Waals surface area contributed by atoms with Gasteiger partial charge in [0.15, 0.2) is 0 Å². The van der Waals surface area contributed by atoms with E-state index >= 15 is 0 Å². The van der Waals surface area contributed by atoms with Crippen molar-refractivity contribution in [1.29, 1.82) is 5.26 Å². The molecule has 0 aliphatic rings. The Balaban J connectivity index is 2.77. The fourth-order valence-electron chi connectivity index (χ4n) is 1.85. The number of anilines is 2. The lowest BCUT2D eigenvalue weighted by atomic mass is 10.1. The molecular weight excluding hydrogens is 254 g/mol. The minimum absolute atomic E-state index is 0.500. The zero-order chi connectivity index (χ0) is 14.8. The fourth-order valence-corrected chi connectivity index (χ4v) is 1.85. The maximum Gasteiger partial charge on any atom is 0.101 e. The molecule has 20 heavy (non-hydrogen) atoms. The van der Waals surface area contributed by atoms with E-state index in [0.29, 0.717) is 37.7 Å². The lowest BCUT2D eigenvalue weighted by Crippen LogP contribution is -2.31. The topological polar surface area (TPSA) is 71.5 Å². The van der Waals surface area contributed by atoms with Crippen LogP contribution in [0.25, 0.3) is 0 Å². The van der Waals surface area contributed by atoms with Crippen LogP contribution in [-0.4, -0.2) is 39.5 Å². The van der Waals surface area contributed by atoms with Crippen molar-refractivity contribution in [2.75, 3.05) is 50.2 Å². The number of nitrogen functional groups attached to an aromatic ring is 1. The number of hydrogen-bond acceptors (Lipinski definition) is 5. The average molecular weight is 277 g/mol. The van der Waals surface area contributed by atoms with Gasteiger partial charge in [0.1, 0.15) is 6.07 Å². The van der Waals surface area contributed by atoms with Crippen LogP contribution in [0.4, 0.5) is 11.4 Å². The third-order valence-electron chi connectivity index (χ3n) is 2.94. The molecule has 0 amide bonds. The summed E-state index contributed by atoms with van der Waals surface area (Å²) < 4.78 is 10.8. The SMILES string of the molecule is CCOCCN(CCOCC)c1ccc(N)c(C#N)c1. The van der Waals surface area contributed by atoms with Gasteiger partial charge in [-0.2, -0.15) is 5.26 Å². The summed E-state index contributed by atoms with van der Waals surface area (Å²) in [5.74, 6) is 0. The quantitative estimate of drug-likeness (QED) is 0.552. The molecule has 0 aromatic heterocycles. The molecule has 0 heterocycles. The maximum atomic E-state index is 9.06. The molecule has 0 fully saturated rings. The van der Waals surface area contributed by atoms with E-state index in [9.17, 15) is 0 Å². The van der Waals surface area contributed by atoms with Crippen molar-refractivity contribution in [3.63, 3.8) is 0 Å². The third-order valence-corrected chi connectivity index (χ3v) is 2.94. The van der Waals surface area contributed by atoms with Crippen LogP contribution in [-0.2, 0) is 9.47 Å². The molecule has 0 saturated heterocycles. The largest absolute Gasteiger partial charge is 0.398 e. The minimum atomic E-state index is 0.500. The summed E-state index contributed by atoms with van der Waals surface area (Å²) in [5.41, 5.74) is 7.73. The number of hydrogen-bond donors (Lipinski definition) is 1. The first-order chi connectivity index (χ1) is 9.72. The Morgan fingerprint density at radius 2 is 1.75 bits per heavy atom. The van der Waals surface area contributed by atoms with Gasteiger partial charge >= 0.3 is 0 Å². The van der Waals surface area contributed by atoms with Gasteiger partial charge in [0.05, 0.1) is 18.8 Å². The Hall–Kier alpha value is -1.77. The van der Waals surface area contributed by atoms with Gasteiger partial charge in [-0.3, -0.25) is 0 Å². The summed E-state index contributed by atoms with van der Waals surface area (Å²) in [7, 11) is 0. The second kappa shape index (κ2) is 9.18. The molecule has 0 aliphatic heterocycles. The van der Waals surface area contributed by atoms with Crippen molar-refractivity contribution in [3.05, 3.63) is 23.8 Å².